The second kappa shape index (κ2) is 5.34. The summed E-state index contributed by atoms with van der Waals surface area (Å²) in [5.74, 6) is -0.671. The van der Waals surface area contributed by atoms with E-state index >= 15 is 0 Å². The van der Waals surface area contributed by atoms with Crippen molar-refractivity contribution in [3.05, 3.63) is 40.3 Å². The number of anilines is 2. The van der Waals surface area contributed by atoms with Gasteiger partial charge in [0.25, 0.3) is 0 Å². The molecule has 0 saturated carbocycles. The van der Waals surface area contributed by atoms with Crippen LogP contribution in [0.1, 0.15) is 5.56 Å². The fourth-order valence-electron chi connectivity index (χ4n) is 1.43. The molecule has 1 heterocycles. The van der Waals surface area contributed by atoms with Crippen molar-refractivity contribution in [2.24, 2.45) is 0 Å². The summed E-state index contributed by atoms with van der Waals surface area (Å²) in [6, 6.07) is 3.17. The molecule has 4 nitrogen and oxygen atoms in total. The van der Waals surface area contributed by atoms with Crippen LogP contribution in [-0.4, -0.2) is 15.1 Å². The molecule has 20 heavy (non-hydrogen) atoms. The van der Waals surface area contributed by atoms with Gasteiger partial charge in [0.2, 0.25) is 5.28 Å². The molecule has 106 valence electrons. The van der Waals surface area contributed by atoms with Gasteiger partial charge in [-0.05, 0) is 29.8 Å². The maximum Gasteiger partial charge on any atom is 0.418 e. The molecule has 0 spiro atoms. The van der Waals surface area contributed by atoms with Crippen molar-refractivity contribution in [1.29, 1.82) is 0 Å². The Labute approximate surface area is 121 Å². The number of hydrogen-bond acceptors (Lipinski definition) is 4. The third-order valence-corrected chi connectivity index (χ3v) is 2.70. The van der Waals surface area contributed by atoms with E-state index in [1.807, 2.05) is 0 Å². The normalized spacial score (nSPS) is 11.4. The third-order valence-electron chi connectivity index (χ3n) is 2.28. The maximum atomic E-state index is 12.9. The second-order valence-corrected chi connectivity index (χ2v) is 4.46. The number of aromatic hydroxyl groups is 1. The zero-order valence-corrected chi connectivity index (χ0v) is 11.1. The minimum Gasteiger partial charge on any atom is -0.503 e. The van der Waals surface area contributed by atoms with Crippen LogP contribution in [0, 0.1) is 0 Å². The molecule has 0 amide bonds. The number of aromatic nitrogens is 2. The Morgan fingerprint density at radius 3 is 2.55 bits per heavy atom. The zero-order chi connectivity index (χ0) is 14.9. The number of hydrogen-bond donors (Lipinski definition) is 2. The van der Waals surface area contributed by atoms with Crippen molar-refractivity contribution in [1.82, 2.24) is 9.97 Å². The Morgan fingerprint density at radius 2 is 1.90 bits per heavy atom. The first-order valence-corrected chi connectivity index (χ1v) is 5.88. The molecule has 1 aromatic carbocycles. The molecular formula is C11H6Cl2F3N3O. The Hall–Kier alpha value is -1.73. The van der Waals surface area contributed by atoms with Gasteiger partial charge in [-0.3, -0.25) is 0 Å². The van der Waals surface area contributed by atoms with Crippen LogP contribution in [0.25, 0.3) is 0 Å². The average Bonchev–Trinajstić information content (AvgIpc) is 2.34. The summed E-state index contributed by atoms with van der Waals surface area (Å²) < 4.78 is 38.7. The van der Waals surface area contributed by atoms with E-state index in [0.29, 0.717) is 0 Å². The standard InChI is InChI=1S/C11H6Cl2F3N3O/c12-5-1-2-7(6(3-5)11(14,15)16)18-9-8(20)4-17-10(13)19-9/h1-4,20H,(H,17,18,19). The van der Waals surface area contributed by atoms with Crippen molar-refractivity contribution in [3.8, 4) is 5.75 Å². The van der Waals surface area contributed by atoms with E-state index in [-0.39, 0.29) is 21.8 Å². The van der Waals surface area contributed by atoms with Crippen LogP contribution in [-0.2, 0) is 6.18 Å². The average molecular weight is 324 g/mol. The smallest absolute Gasteiger partial charge is 0.418 e. The SMILES string of the molecule is Oc1cnc(Cl)nc1Nc1ccc(Cl)cc1C(F)(F)F. The van der Waals surface area contributed by atoms with Gasteiger partial charge in [0, 0.05) is 5.02 Å². The number of halogens is 5. The van der Waals surface area contributed by atoms with E-state index in [1.165, 1.54) is 6.07 Å². The first kappa shape index (κ1) is 14.7. The topological polar surface area (TPSA) is 58.0 Å². The summed E-state index contributed by atoms with van der Waals surface area (Å²) in [5, 5.41) is 11.6. The lowest BCUT2D eigenvalue weighted by Crippen LogP contribution is -2.09. The lowest BCUT2D eigenvalue weighted by atomic mass is 10.1. The highest BCUT2D eigenvalue weighted by Gasteiger charge is 2.34. The molecule has 0 aliphatic rings. The lowest BCUT2D eigenvalue weighted by Gasteiger charge is -2.15. The van der Waals surface area contributed by atoms with Gasteiger partial charge >= 0.3 is 6.18 Å². The van der Waals surface area contributed by atoms with Gasteiger partial charge in [0.15, 0.2) is 11.6 Å². The first-order chi connectivity index (χ1) is 9.27. The Bertz CT molecular complexity index is 649. The monoisotopic (exact) mass is 323 g/mol. The number of benzene rings is 1. The van der Waals surface area contributed by atoms with Crippen molar-refractivity contribution in [2.75, 3.05) is 5.32 Å². The van der Waals surface area contributed by atoms with Crippen LogP contribution >= 0.6 is 23.2 Å². The van der Waals surface area contributed by atoms with Crippen LogP contribution in [0.5, 0.6) is 5.75 Å². The molecule has 0 aliphatic heterocycles. The first-order valence-electron chi connectivity index (χ1n) is 5.12. The van der Waals surface area contributed by atoms with E-state index in [9.17, 15) is 18.3 Å². The number of rotatable bonds is 2. The fourth-order valence-corrected chi connectivity index (χ4v) is 1.74. The number of alkyl halides is 3. The van der Waals surface area contributed by atoms with Gasteiger partial charge in [-0.2, -0.15) is 18.2 Å². The van der Waals surface area contributed by atoms with Crippen LogP contribution in [0.3, 0.4) is 0 Å². The second-order valence-electron chi connectivity index (χ2n) is 3.69. The number of nitrogens with one attached hydrogen (secondary N) is 1. The van der Waals surface area contributed by atoms with Crippen molar-refractivity contribution < 1.29 is 18.3 Å². The largest absolute Gasteiger partial charge is 0.503 e. The van der Waals surface area contributed by atoms with Crippen molar-refractivity contribution in [2.45, 2.75) is 6.18 Å². The number of nitrogens with zero attached hydrogens (tertiary/aromatic N) is 2. The van der Waals surface area contributed by atoms with Gasteiger partial charge in [-0.15, -0.1) is 0 Å². The molecule has 0 saturated heterocycles. The van der Waals surface area contributed by atoms with Crippen molar-refractivity contribution in [3.63, 3.8) is 0 Å². The van der Waals surface area contributed by atoms with E-state index < -0.39 is 17.5 Å². The molecule has 0 fully saturated rings. The molecule has 0 bridgehead atoms. The molecule has 0 atom stereocenters. The molecule has 2 N–H and O–H groups in total. The summed E-state index contributed by atoms with van der Waals surface area (Å²) in [5.41, 5.74) is -1.30. The van der Waals surface area contributed by atoms with Crippen molar-refractivity contribution >= 4 is 34.7 Å². The maximum absolute atomic E-state index is 12.9. The summed E-state index contributed by atoms with van der Waals surface area (Å²) >= 11 is 11.1. The predicted octanol–water partition coefficient (Wildman–Crippen LogP) is 4.25. The van der Waals surface area contributed by atoms with Gasteiger partial charge in [0.1, 0.15) is 0 Å². The highest BCUT2D eigenvalue weighted by atomic mass is 35.5. The quantitative estimate of drug-likeness (QED) is 0.811. The van der Waals surface area contributed by atoms with Gasteiger partial charge in [-0.25, -0.2) is 4.98 Å². The summed E-state index contributed by atoms with van der Waals surface area (Å²) in [6.45, 7) is 0. The Balaban J connectivity index is 2.46. The summed E-state index contributed by atoms with van der Waals surface area (Å²) in [7, 11) is 0. The van der Waals surface area contributed by atoms with Crippen LogP contribution < -0.4 is 5.32 Å². The van der Waals surface area contributed by atoms with E-state index in [1.54, 1.807) is 0 Å². The highest BCUT2D eigenvalue weighted by Crippen LogP contribution is 2.38. The van der Waals surface area contributed by atoms with Crippen LogP contribution in [0.2, 0.25) is 10.3 Å². The third kappa shape index (κ3) is 3.23. The zero-order valence-electron chi connectivity index (χ0n) is 9.54. The summed E-state index contributed by atoms with van der Waals surface area (Å²) in [4.78, 5) is 7.09. The Morgan fingerprint density at radius 1 is 1.20 bits per heavy atom. The van der Waals surface area contributed by atoms with E-state index in [0.717, 1.165) is 18.3 Å². The molecule has 2 rings (SSSR count). The van der Waals surface area contributed by atoms with Crippen LogP contribution in [0.15, 0.2) is 24.4 Å². The molecule has 9 heteroatoms. The molecule has 1 aromatic heterocycles. The predicted molar refractivity (Wildman–Crippen MR) is 68.4 cm³/mol. The van der Waals surface area contributed by atoms with Crippen LogP contribution in [0.4, 0.5) is 24.7 Å². The van der Waals surface area contributed by atoms with Gasteiger partial charge in [-0.1, -0.05) is 11.6 Å². The molecular weight excluding hydrogens is 318 g/mol. The van der Waals surface area contributed by atoms with Gasteiger partial charge < -0.3 is 10.4 Å². The Kier molecular flexibility index (Phi) is 3.92. The van der Waals surface area contributed by atoms with E-state index in [4.69, 9.17) is 23.2 Å². The molecule has 0 unspecified atom stereocenters. The molecule has 2 aromatic rings. The van der Waals surface area contributed by atoms with E-state index in [2.05, 4.69) is 15.3 Å². The minimum absolute atomic E-state index is 0.0622. The fraction of sp³-hybridized carbons (Fsp3) is 0.0909. The summed E-state index contributed by atoms with van der Waals surface area (Å²) in [6.07, 6.45) is -3.64. The minimum atomic E-state index is -4.61. The molecule has 0 radical (unpaired) electrons. The highest BCUT2D eigenvalue weighted by molar-refractivity contribution is 6.30. The lowest BCUT2D eigenvalue weighted by molar-refractivity contribution is -0.136. The van der Waals surface area contributed by atoms with Gasteiger partial charge in [0.05, 0.1) is 17.4 Å². The molecule has 0 aliphatic carbocycles.